The van der Waals surface area contributed by atoms with Gasteiger partial charge in [-0.1, -0.05) is 0 Å². The molecule has 1 N–H and O–H groups in total. The van der Waals surface area contributed by atoms with E-state index in [-0.39, 0.29) is 12.6 Å². The SMILES string of the molecule is COc1cc2c(cc1OC)[C@@H]1Cc3c(CO)c(OC)cc(OC)c3CN1[C@H](C)C2. The quantitative estimate of drug-likeness (QED) is 0.833. The van der Waals surface area contributed by atoms with Gasteiger partial charge in [-0.2, -0.15) is 0 Å². The van der Waals surface area contributed by atoms with Crippen molar-refractivity contribution in [2.24, 2.45) is 0 Å². The number of aliphatic hydroxyl groups is 1. The van der Waals surface area contributed by atoms with E-state index in [2.05, 4.69) is 24.0 Å². The van der Waals surface area contributed by atoms with Crippen LogP contribution in [-0.4, -0.2) is 44.5 Å². The van der Waals surface area contributed by atoms with Crippen LogP contribution in [0.5, 0.6) is 23.0 Å². The Morgan fingerprint density at radius 2 is 1.52 bits per heavy atom. The molecule has 2 heterocycles. The van der Waals surface area contributed by atoms with Crippen molar-refractivity contribution in [3.63, 3.8) is 0 Å². The van der Waals surface area contributed by atoms with E-state index in [9.17, 15) is 5.11 Å². The molecule has 0 spiro atoms. The molecule has 2 aliphatic heterocycles. The predicted octanol–water partition coefficient (Wildman–Crippen LogP) is 3.26. The summed E-state index contributed by atoms with van der Waals surface area (Å²) < 4.78 is 22.3. The summed E-state index contributed by atoms with van der Waals surface area (Å²) in [5.41, 5.74) is 5.67. The Labute approximate surface area is 171 Å². The highest BCUT2D eigenvalue weighted by atomic mass is 16.5. The largest absolute Gasteiger partial charge is 0.496 e. The normalized spacial score (nSPS) is 20.3. The first-order valence-corrected chi connectivity index (χ1v) is 9.93. The van der Waals surface area contributed by atoms with Gasteiger partial charge in [0.05, 0.1) is 35.0 Å². The number of hydrogen-bond donors (Lipinski definition) is 1. The summed E-state index contributed by atoms with van der Waals surface area (Å²) >= 11 is 0. The molecule has 4 rings (SSSR count). The summed E-state index contributed by atoms with van der Waals surface area (Å²) in [6, 6.07) is 6.68. The molecule has 0 unspecified atom stereocenters. The van der Waals surface area contributed by atoms with Crippen LogP contribution in [0.4, 0.5) is 0 Å². The minimum Gasteiger partial charge on any atom is -0.496 e. The van der Waals surface area contributed by atoms with E-state index in [1.165, 1.54) is 11.1 Å². The standard InChI is InChI=1S/C23H29NO5/c1-13-6-14-7-22(28-4)23(29-5)9-15(14)19-8-16-17(11-24(13)19)20(26-2)10-21(27-3)18(16)12-25/h7,9-10,13,19,25H,6,8,11-12H2,1-5H3/t13-,19+/m1/s1. The van der Waals surface area contributed by atoms with Gasteiger partial charge in [0.2, 0.25) is 0 Å². The van der Waals surface area contributed by atoms with Gasteiger partial charge in [0.15, 0.2) is 11.5 Å². The third-order valence-corrected chi connectivity index (χ3v) is 6.41. The Morgan fingerprint density at radius 1 is 0.862 bits per heavy atom. The molecule has 6 nitrogen and oxygen atoms in total. The Morgan fingerprint density at radius 3 is 2.14 bits per heavy atom. The number of benzene rings is 2. The molecule has 2 aromatic rings. The van der Waals surface area contributed by atoms with Gasteiger partial charge in [-0.25, -0.2) is 0 Å². The van der Waals surface area contributed by atoms with Gasteiger partial charge in [0.1, 0.15) is 11.5 Å². The maximum absolute atomic E-state index is 10.1. The number of hydrogen-bond acceptors (Lipinski definition) is 6. The Hall–Kier alpha value is -2.44. The van der Waals surface area contributed by atoms with Gasteiger partial charge >= 0.3 is 0 Å². The lowest BCUT2D eigenvalue weighted by Crippen LogP contribution is -2.45. The second kappa shape index (κ2) is 7.76. The molecule has 2 aromatic carbocycles. The summed E-state index contributed by atoms with van der Waals surface area (Å²) in [4.78, 5) is 2.52. The zero-order valence-electron chi connectivity index (χ0n) is 17.7. The number of rotatable bonds is 5. The molecule has 0 amide bonds. The van der Waals surface area contributed by atoms with Crippen LogP contribution in [-0.2, 0) is 26.0 Å². The Bertz CT molecular complexity index is 926. The Balaban J connectivity index is 1.87. The maximum atomic E-state index is 10.1. The van der Waals surface area contributed by atoms with Crippen molar-refractivity contribution in [1.82, 2.24) is 4.90 Å². The van der Waals surface area contributed by atoms with Crippen LogP contribution in [0.25, 0.3) is 0 Å². The lowest BCUT2D eigenvalue weighted by Gasteiger charge is -2.46. The van der Waals surface area contributed by atoms with Crippen LogP contribution in [0.3, 0.4) is 0 Å². The molecule has 2 atom stereocenters. The van der Waals surface area contributed by atoms with Crippen molar-refractivity contribution in [1.29, 1.82) is 0 Å². The van der Waals surface area contributed by atoms with Crippen LogP contribution < -0.4 is 18.9 Å². The second-order valence-electron chi connectivity index (χ2n) is 7.73. The van der Waals surface area contributed by atoms with Gasteiger partial charge in [-0.05, 0) is 48.6 Å². The van der Waals surface area contributed by atoms with Crippen LogP contribution in [0.2, 0.25) is 0 Å². The number of aliphatic hydroxyl groups excluding tert-OH is 1. The molecule has 0 saturated heterocycles. The van der Waals surface area contributed by atoms with Gasteiger partial charge in [-0.3, -0.25) is 4.90 Å². The van der Waals surface area contributed by atoms with E-state index in [0.717, 1.165) is 53.3 Å². The lowest BCUT2D eigenvalue weighted by molar-refractivity contribution is 0.103. The number of methoxy groups -OCH3 is 4. The monoisotopic (exact) mass is 399 g/mol. The molecule has 0 bridgehead atoms. The molecular formula is C23H29NO5. The molecular weight excluding hydrogens is 370 g/mol. The first kappa shape index (κ1) is 19.9. The van der Waals surface area contributed by atoms with E-state index in [4.69, 9.17) is 18.9 Å². The minimum atomic E-state index is -0.0590. The molecule has 0 fully saturated rings. The molecule has 2 aliphatic rings. The molecule has 0 saturated carbocycles. The Kier molecular flexibility index (Phi) is 5.32. The van der Waals surface area contributed by atoms with Crippen molar-refractivity contribution in [3.8, 4) is 23.0 Å². The highest BCUT2D eigenvalue weighted by Crippen LogP contribution is 2.47. The minimum absolute atomic E-state index is 0.0590. The van der Waals surface area contributed by atoms with Gasteiger partial charge in [-0.15, -0.1) is 0 Å². The number of ether oxygens (including phenoxy) is 4. The van der Waals surface area contributed by atoms with Crippen LogP contribution in [0, 0.1) is 0 Å². The molecule has 0 aromatic heterocycles. The lowest BCUT2D eigenvalue weighted by atomic mass is 9.79. The van der Waals surface area contributed by atoms with E-state index in [0.29, 0.717) is 11.8 Å². The fourth-order valence-corrected chi connectivity index (χ4v) is 4.94. The van der Waals surface area contributed by atoms with Crippen molar-refractivity contribution < 1.29 is 24.1 Å². The van der Waals surface area contributed by atoms with Crippen molar-refractivity contribution in [2.45, 2.75) is 45.0 Å². The molecule has 156 valence electrons. The van der Waals surface area contributed by atoms with E-state index in [1.54, 1.807) is 28.4 Å². The molecule has 0 aliphatic carbocycles. The summed E-state index contributed by atoms with van der Waals surface area (Å²) in [6.07, 6.45) is 1.73. The van der Waals surface area contributed by atoms with Crippen LogP contribution in [0.15, 0.2) is 18.2 Å². The molecule has 0 radical (unpaired) electrons. The highest BCUT2D eigenvalue weighted by Gasteiger charge is 2.39. The highest BCUT2D eigenvalue weighted by molar-refractivity contribution is 5.56. The van der Waals surface area contributed by atoms with E-state index >= 15 is 0 Å². The molecule has 29 heavy (non-hydrogen) atoms. The van der Waals surface area contributed by atoms with E-state index in [1.807, 2.05) is 6.07 Å². The average Bonchev–Trinajstić information content (AvgIpc) is 2.76. The second-order valence-corrected chi connectivity index (χ2v) is 7.73. The zero-order valence-corrected chi connectivity index (χ0v) is 17.7. The third kappa shape index (κ3) is 3.11. The van der Waals surface area contributed by atoms with Crippen molar-refractivity contribution in [3.05, 3.63) is 46.0 Å². The first-order valence-electron chi connectivity index (χ1n) is 9.93. The first-order chi connectivity index (χ1) is 14.1. The molecule has 6 heteroatoms. The summed E-state index contributed by atoms with van der Waals surface area (Å²) in [6.45, 7) is 2.98. The van der Waals surface area contributed by atoms with Gasteiger partial charge in [0, 0.05) is 35.8 Å². The zero-order chi connectivity index (χ0) is 20.7. The third-order valence-electron chi connectivity index (χ3n) is 6.41. The summed E-state index contributed by atoms with van der Waals surface area (Å²) in [5.74, 6) is 3.01. The average molecular weight is 399 g/mol. The van der Waals surface area contributed by atoms with Crippen LogP contribution in [0.1, 0.15) is 40.8 Å². The van der Waals surface area contributed by atoms with E-state index < -0.39 is 0 Å². The fourth-order valence-electron chi connectivity index (χ4n) is 4.94. The number of nitrogens with zero attached hydrogens (tertiary/aromatic N) is 1. The fraction of sp³-hybridized carbons (Fsp3) is 0.478. The van der Waals surface area contributed by atoms with Crippen molar-refractivity contribution in [2.75, 3.05) is 28.4 Å². The predicted molar refractivity (Wildman–Crippen MR) is 110 cm³/mol. The van der Waals surface area contributed by atoms with Gasteiger partial charge < -0.3 is 24.1 Å². The summed E-state index contributed by atoms with van der Waals surface area (Å²) in [7, 11) is 6.66. The van der Waals surface area contributed by atoms with Gasteiger partial charge in [0.25, 0.3) is 0 Å². The van der Waals surface area contributed by atoms with Crippen LogP contribution >= 0.6 is 0 Å². The maximum Gasteiger partial charge on any atom is 0.161 e. The topological polar surface area (TPSA) is 60.4 Å². The number of fused-ring (bicyclic) bond motifs is 4. The smallest absolute Gasteiger partial charge is 0.161 e. The summed E-state index contributed by atoms with van der Waals surface area (Å²) in [5, 5.41) is 10.1. The van der Waals surface area contributed by atoms with Crippen molar-refractivity contribution >= 4 is 0 Å².